The van der Waals surface area contributed by atoms with Crippen LogP contribution in [0.5, 0.6) is 0 Å². The summed E-state index contributed by atoms with van der Waals surface area (Å²) >= 11 is 0. The molecule has 1 aliphatic heterocycles. The number of carbonyl (C=O) groups excluding carboxylic acids is 1. The van der Waals surface area contributed by atoms with Crippen LogP contribution in [0.25, 0.3) is 0 Å². The van der Waals surface area contributed by atoms with Crippen molar-refractivity contribution >= 4 is 11.7 Å². The molecular formula is C12H10N4O. The third-order valence-electron chi connectivity index (χ3n) is 2.63. The van der Waals surface area contributed by atoms with Gasteiger partial charge in [0.05, 0.1) is 6.20 Å². The molecule has 0 spiro atoms. The molecule has 1 aromatic rings. The van der Waals surface area contributed by atoms with E-state index in [2.05, 4.69) is 15.9 Å². The summed E-state index contributed by atoms with van der Waals surface area (Å²) < 4.78 is 0. The van der Waals surface area contributed by atoms with Gasteiger partial charge in [0.15, 0.2) is 5.82 Å². The third-order valence-corrected chi connectivity index (χ3v) is 2.63. The smallest absolute Gasteiger partial charge is 0.229 e. The van der Waals surface area contributed by atoms with E-state index in [1.807, 2.05) is 6.07 Å². The van der Waals surface area contributed by atoms with Crippen LogP contribution in [0.2, 0.25) is 0 Å². The Morgan fingerprint density at radius 2 is 2.41 bits per heavy atom. The molecule has 5 heteroatoms. The summed E-state index contributed by atoms with van der Waals surface area (Å²) in [5.74, 6) is 3.24. The van der Waals surface area contributed by atoms with Gasteiger partial charge in [-0.2, -0.15) is 5.26 Å². The average Bonchev–Trinajstić information content (AvgIpc) is 2.70. The van der Waals surface area contributed by atoms with Gasteiger partial charge < -0.3 is 0 Å². The number of anilines is 1. The zero-order valence-electron chi connectivity index (χ0n) is 9.34. The molecule has 1 atom stereocenters. The van der Waals surface area contributed by atoms with Crippen LogP contribution in [0.4, 0.5) is 5.82 Å². The van der Waals surface area contributed by atoms with E-state index in [0.717, 1.165) is 0 Å². The summed E-state index contributed by atoms with van der Waals surface area (Å²) in [5.41, 5.74) is 0.293. The van der Waals surface area contributed by atoms with Gasteiger partial charge in [0.25, 0.3) is 0 Å². The second kappa shape index (κ2) is 4.23. The van der Waals surface area contributed by atoms with Crippen molar-refractivity contribution in [2.75, 3.05) is 11.4 Å². The molecule has 2 rings (SSSR count). The molecule has 1 fully saturated rings. The van der Waals surface area contributed by atoms with E-state index in [4.69, 9.17) is 11.7 Å². The lowest BCUT2D eigenvalue weighted by Gasteiger charge is -2.15. The number of rotatable bonds is 1. The van der Waals surface area contributed by atoms with Crippen LogP contribution in [-0.2, 0) is 4.79 Å². The standard InChI is InChI=1S/C12H10N4O/c1-3-9-4-11(17)16(7-9)12-10(5-13)6-14-8(2)15-12/h1,6,9H,4,7H2,2H3. The van der Waals surface area contributed by atoms with Gasteiger partial charge in [0.2, 0.25) is 5.91 Å². The highest BCUT2D eigenvalue weighted by Crippen LogP contribution is 2.25. The highest BCUT2D eigenvalue weighted by molar-refractivity contribution is 5.96. The maximum atomic E-state index is 11.8. The quantitative estimate of drug-likeness (QED) is 0.659. The van der Waals surface area contributed by atoms with Crippen molar-refractivity contribution in [3.05, 3.63) is 17.6 Å². The summed E-state index contributed by atoms with van der Waals surface area (Å²) in [6.07, 6.45) is 7.04. The highest BCUT2D eigenvalue weighted by atomic mass is 16.2. The van der Waals surface area contributed by atoms with Gasteiger partial charge in [0, 0.05) is 18.9 Å². The zero-order chi connectivity index (χ0) is 12.4. The Hall–Kier alpha value is -2.40. The minimum absolute atomic E-state index is 0.0949. The van der Waals surface area contributed by atoms with E-state index in [9.17, 15) is 4.79 Å². The number of amides is 1. The predicted molar refractivity (Wildman–Crippen MR) is 60.8 cm³/mol. The van der Waals surface area contributed by atoms with Crippen molar-refractivity contribution in [3.63, 3.8) is 0 Å². The Balaban J connectivity index is 2.42. The van der Waals surface area contributed by atoms with Gasteiger partial charge >= 0.3 is 0 Å². The first-order valence-electron chi connectivity index (χ1n) is 5.16. The van der Waals surface area contributed by atoms with Crippen molar-refractivity contribution in [2.24, 2.45) is 5.92 Å². The molecule has 0 aliphatic carbocycles. The first-order valence-corrected chi connectivity index (χ1v) is 5.16. The fourth-order valence-electron chi connectivity index (χ4n) is 1.77. The average molecular weight is 226 g/mol. The van der Waals surface area contributed by atoms with Crippen molar-refractivity contribution in [2.45, 2.75) is 13.3 Å². The van der Waals surface area contributed by atoms with Crippen molar-refractivity contribution < 1.29 is 4.79 Å². The van der Waals surface area contributed by atoms with Crippen LogP contribution >= 0.6 is 0 Å². The summed E-state index contributed by atoms with van der Waals surface area (Å²) in [4.78, 5) is 21.3. The summed E-state index contributed by atoms with van der Waals surface area (Å²) in [7, 11) is 0. The lowest BCUT2D eigenvalue weighted by Crippen LogP contribution is -2.26. The Bertz CT molecular complexity index is 553. The highest BCUT2D eigenvalue weighted by Gasteiger charge is 2.31. The van der Waals surface area contributed by atoms with Gasteiger partial charge in [-0.15, -0.1) is 12.3 Å². The molecular weight excluding hydrogens is 216 g/mol. The number of terminal acetylenes is 1. The molecule has 0 radical (unpaired) electrons. The number of nitriles is 1. The van der Waals surface area contributed by atoms with E-state index in [1.165, 1.54) is 11.1 Å². The van der Waals surface area contributed by atoms with Gasteiger partial charge in [-0.25, -0.2) is 9.97 Å². The first kappa shape index (κ1) is 11.1. The van der Waals surface area contributed by atoms with E-state index in [1.54, 1.807) is 6.92 Å². The molecule has 1 unspecified atom stereocenters. The number of carbonyl (C=O) groups is 1. The van der Waals surface area contributed by atoms with E-state index >= 15 is 0 Å². The van der Waals surface area contributed by atoms with Crippen LogP contribution in [-0.4, -0.2) is 22.4 Å². The van der Waals surface area contributed by atoms with Crippen molar-refractivity contribution in [1.29, 1.82) is 5.26 Å². The van der Waals surface area contributed by atoms with Crippen LogP contribution in [0, 0.1) is 36.5 Å². The molecule has 2 heterocycles. The summed E-state index contributed by atoms with van der Waals surface area (Å²) in [6.45, 7) is 2.13. The number of nitrogens with zero attached hydrogens (tertiary/aromatic N) is 4. The SMILES string of the molecule is C#CC1CC(=O)N(c2nc(C)ncc2C#N)C1. The van der Waals surface area contributed by atoms with Crippen LogP contribution in [0.3, 0.4) is 0 Å². The second-order valence-corrected chi connectivity index (χ2v) is 3.84. The molecule has 1 aliphatic rings. The molecule has 1 saturated heterocycles. The Morgan fingerprint density at radius 1 is 1.65 bits per heavy atom. The van der Waals surface area contributed by atoms with E-state index in [-0.39, 0.29) is 11.8 Å². The van der Waals surface area contributed by atoms with Gasteiger partial charge in [-0.1, -0.05) is 0 Å². The minimum atomic E-state index is -0.107. The number of aromatic nitrogens is 2. The number of aryl methyl sites for hydroxylation is 1. The van der Waals surface area contributed by atoms with Crippen LogP contribution in [0.15, 0.2) is 6.20 Å². The molecule has 1 aromatic heterocycles. The molecule has 0 aromatic carbocycles. The molecule has 84 valence electrons. The van der Waals surface area contributed by atoms with Crippen LogP contribution < -0.4 is 4.90 Å². The lowest BCUT2D eigenvalue weighted by atomic mass is 10.1. The van der Waals surface area contributed by atoms with E-state index in [0.29, 0.717) is 30.2 Å². The number of hydrogen-bond acceptors (Lipinski definition) is 4. The zero-order valence-corrected chi connectivity index (χ0v) is 9.34. The molecule has 0 saturated carbocycles. The maximum Gasteiger partial charge on any atom is 0.229 e. The molecule has 5 nitrogen and oxygen atoms in total. The Labute approximate surface area is 99.1 Å². The first-order chi connectivity index (χ1) is 8.15. The Kier molecular flexibility index (Phi) is 2.76. The summed E-state index contributed by atoms with van der Waals surface area (Å²) in [6, 6.07) is 1.98. The largest absolute Gasteiger partial charge is 0.294 e. The summed E-state index contributed by atoms with van der Waals surface area (Å²) in [5, 5.41) is 8.97. The predicted octanol–water partition coefficient (Wildman–Crippen LogP) is 0.643. The molecule has 17 heavy (non-hydrogen) atoms. The van der Waals surface area contributed by atoms with Crippen molar-refractivity contribution in [3.8, 4) is 18.4 Å². The maximum absolute atomic E-state index is 11.8. The molecule has 1 amide bonds. The topological polar surface area (TPSA) is 69.9 Å². The van der Waals surface area contributed by atoms with E-state index < -0.39 is 0 Å². The van der Waals surface area contributed by atoms with Gasteiger partial charge in [-0.05, 0) is 6.92 Å². The fourth-order valence-corrected chi connectivity index (χ4v) is 1.77. The van der Waals surface area contributed by atoms with Gasteiger partial charge in [0.1, 0.15) is 17.5 Å². The van der Waals surface area contributed by atoms with Crippen LogP contribution in [0.1, 0.15) is 17.8 Å². The molecule has 0 bridgehead atoms. The second-order valence-electron chi connectivity index (χ2n) is 3.84. The lowest BCUT2D eigenvalue weighted by molar-refractivity contribution is -0.117. The van der Waals surface area contributed by atoms with Gasteiger partial charge in [-0.3, -0.25) is 9.69 Å². The van der Waals surface area contributed by atoms with Crippen molar-refractivity contribution in [1.82, 2.24) is 9.97 Å². The molecule has 0 N–H and O–H groups in total. The minimum Gasteiger partial charge on any atom is -0.294 e. The Morgan fingerprint density at radius 3 is 3.00 bits per heavy atom. The number of hydrogen-bond donors (Lipinski definition) is 0. The third kappa shape index (κ3) is 1.95. The normalized spacial score (nSPS) is 18.9. The fraction of sp³-hybridized carbons (Fsp3) is 0.333. The monoisotopic (exact) mass is 226 g/mol.